The lowest BCUT2D eigenvalue weighted by molar-refractivity contribution is 0.0309. The number of ether oxygens (including phenoxy) is 1. The topological polar surface area (TPSA) is 31.0 Å². The van der Waals surface area contributed by atoms with Gasteiger partial charge in [0.1, 0.15) is 0 Å². The molecule has 2 rings (SSSR count). The quantitative estimate of drug-likeness (QED) is 0.716. The largest absolute Gasteiger partial charge is 0.392 e. The molecule has 0 radical (unpaired) electrons. The van der Waals surface area contributed by atoms with E-state index in [0.29, 0.717) is 0 Å². The van der Waals surface area contributed by atoms with Gasteiger partial charge in [-0.25, -0.2) is 0 Å². The summed E-state index contributed by atoms with van der Waals surface area (Å²) in [4.78, 5) is 7.70. The Hall–Kier alpha value is -1.04. The normalized spacial score (nSPS) is 22.5. The molecule has 0 amide bonds. The zero-order valence-electron chi connectivity index (χ0n) is 16.1. The molecule has 0 aliphatic carbocycles. The van der Waals surface area contributed by atoms with Gasteiger partial charge in [0.15, 0.2) is 0 Å². The number of allylic oxidation sites excluding steroid dienone is 3. The SMILES string of the molecule is CC/C(C)=C(/C=C(/C)NC)N1CCN(CCN2CCOCC2)CC1. The van der Waals surface area contributed by atoms with Crippen molar-refractivity contribution in [3.05, 3.63) is 23.0 Å². The summed E-state index contributed by atoms with van der Waals surface area (Å²) in [7, 11) is 1.99. The molecule has 5 heteroatoms. The van der Waals surface area contributed by atoms with E-state index in [4.69, 9.17) is 4.74 Å². The van der Waals surface area contributed by atoms with Crippen LogP contribution in [0.25, 0.3) is 0 Å². The molecule has 5 nitrogen and oxygen atoms in total. The average Bonchev–Trinajstić information content (AvgIpc) is 2.65. The number of rotatable bonds is 7. The molecule has 2 aliphatic rings. The van der Waals surface area contributed by atoms with Gasteiger partial charge < -0.3 is 15.0 Å². The maximum Gasteiger partial charge on any atom is 0.0594 e. The fourth-order valence-electron chi connectivity index (χ4n) is 3.26. The third-order valence-corrected chi connectivity index (χ3v) is 5.26. The molecule has 0 unspecified atom stereocenters. The smallest absolute Gasteiger partial charge is 0.0594 e. The molecule has 1 N–H and O–H groups in total. The lowest BCUT2D eigenvalue weighted by Gasteiger charge is -2.38. The van der Waals surface area contributed by atoms with Gasteiger partial charge in [0.05, 0.1) is 13.2 Å². The van der Waals surface area contributed by atoms with Gasteiger partial charge in [-0.15, -0.1) is 0 Å². The highest BCUT2D eigenvalue weighted by atomic mass is 16.5. The first-order chi connectivity index (χ1) is 11.6. The molecule has 2 fully saturated rings. The van der Waals surface area contributed by atoms with Gasteiger partial charge >= 0.3 is 0 Å². The first-order valence-electron chi connectivity index (χ1n) is 9.47. The van der Waals surface area contributed by atoms with Crippen LogP contribution in [0.2, 0.25) is 0 Å². The Kier molecular flexibility index (Phi) is 8.09. The minimum absolute atomic E-state index is 0.898. The molecule has 0 spiro atoms. The standard InChI is InChI=1S/C19H36N4O/c1-5-17(2)19(16-18(3)20-4)23-10-8-21(9-11-23)6-7-22-12-14-24-15-13-22/h16,20H,5-15H2,1-4H3/b18-16-,19-17-. The van der Waals surface area contributed by atoms with Gasteiger partial charge in [-0.2, -0.15) is 0 Å². The Bertz CT molecular complexity index is 433. The van der Waals surface area contributed by atoms with Gasteiger partial charge in [-0.1, -0.05) is 12.5 Å². The minimum Gasteiger partial charge on any atom is -0.392 e. The van der Waals surface area contributed by atoms with Gasteiger partial charge in [0.2, 0.25) is 0 Å². The monoisotopic (exact) mass is 336 g/mol. The number of morpholine rings is 1. The summed E-state index contributed by atoms with van der Waals surface area (Å²) in [5.74, 6) is 0. The van der Waals surface area contributed by atoms with Crippen molar-refractivity contribution in [2.75, 3.05) is 72.6 Å². The Balaban J connectivity index is 1.83. The maximum absolute atomic E-state index is 5.43. The van der Waals surface area contributed by atoms with E-state index in [-0.39, 0.29) is 0 Å². The predicted molar refractivity (Wildman–Crippen MR) is 101 cm³/mol. The molecular weight excluding hydrogens is 300 g/mol. The fourth-order valence-corrected chi connectivity index (χ4v) is 3.26. The summed E-state index contributed by atoms with van der Waals surface area (Å²) in [6, 6.07) is 0. The maximum atomic E-state index is 5.43. The number of hydrogen-bond donors (Lipinski definition) is 1. The van der Waals surface area contributed by atoms with Crippen LogP contribution < -0.4 is 5.32 Å². The van der Waals surface area contributed by atoms with Crippen LogP contribution in [0.5, 0.6) is 0 Å². The molecule has 0 bridgehead atoms. The number of piperazine rings is 1. The first kappa shape index (κ1) is 19.3. The molecule has 0 saturated carbocycles. The zero-order chi connectivity index (χ0) is 17.4. The molecule has 2 saturated heterocycles. The zero-order valence-corrected chi connectivity index (χ0v) is 16.1. The van der Waals surface area contributed by atoms with E-state index in [1.54, 1.807) is 0 Å². The summed E-state index contributed by atoms with van der Waals surface area (Å²) >= 11 is 0. The third kappa shape index (κ3) is 5.80. The van der Waals surface area contributed by atoms with Crippen LogP contribution in [0.4, 0.5) is 0 Å². The highest BCUT2D eigenvalue weighted by Gasteiger charge is 2.20. The molecule has 0 aromatic rings. The van der Waals surface area contributed by atoms with Crippen LogP contribution >= 0.6 is 0 Å². The highest BCUT2D eigenvalue weighted by molar-refractivity contribution is 5.26. The third-order valence-electron chi connectivity index (χ3n) is 5.26. The van der Waals surface area contributed by atoms with E-state index in [9.17, 15) is 0 Å². The Morgan fingerprint density at radius 3 is 2.08 bits per heavy atom. The summed E-state index contributed by atoms with van der Waals surface area (Å²) < 4.78 is 5.43. The average molecular weight is 337 g/mol. The van der Waals surface area contributed by atoms with Crippen LogP contribution in [0, 0.1) is 0 Å². The molecule has 2 aliphatic heterocycles. The lowest BCUT2D eigenvalue weighted by atomic mass is 10.1. The van der Waals surface area contributed by atoms with Crippen molar-refractivity contribution in [3.8, 4) is 0 Å². The van der Waals surface area contributed by atoms with Crippen molar-refractivity contribution in [2.45, 2.75) is 27.2 Å². The molecule has 0 atom stereocenters. The van der Waals surface area contributed by atoms with Gasteiger partial charge in [-0.05, 0) is 26.3 Å². The van der Waals surface area contributed by atoms with E-state index in [1.165, 1.54) is 30.1 Å². The van der Waals surface area contributed by atoms with Crippen molar-refractivity contribution in [1.82, 2.24) is 20.0 Å². The summed E-state index contributed by atoms with van der Waals surface area (Å²) in [5.41, 5.74) is 4.12. The van der Waals surface area contributed by atoms with E-state index < -0.39 is 0 Å². The molecule has 2 heterocycles. The van der Waals surface area contributed by atoms with Crippen LogP contribution in [0.15, 0.2) is 23.0 Å². The summed E-state index contributed by atoms with van der Waals surface area (Å²) in [6.45, 7) is 17.6. The molecule has 0 aromatic carbocycles. The van der Waals surface area contributed by atoms with E-state index in [1.807, 2.05) is 7.05 Å². The molecule has 138 valence electrons. The molecule has 0 aromatic heterocycles. The van der Waals surface area contributed by atoms with Crippen molar-refractivity contribution >= 4 is 0 Å². The summed E-state index contributed by atoms with van der Waals surface area (Å²) in [5, 5.41) is 3.25. The second-order valence-electron chi connectivity index (χ2n) is 6.88. The van der Waals surface area contributed by atoms with Crippen LogP contribution in [-0.2, 0) is 4.74 Å². The van der Waals surface area contributed by atoms with E-state index in [2.05, 4.69) is 46.9 Å². The minimum atomic E-state index is 0.898. The van der Waals surface area contributed by atoms with Gasteiger partial charge in [0.25, 0.3) is 0 Å². The second-order valence-corrected chi connectivity index (χ2v) is 6.88. The Labute approximate surface area is 148 Å². The number of hydrogen-bond acceptors (Lipinski definition) is 5. The molecule has 24 heavy (non-hydrogen) atoms. The van der Waals surface area contributed by atoms with Crippen LogP contribution in [-0.4, -0.2) is 87.3 Å². The summed E-state index contributed by atoms with van der Waals surface area (Å²) in [6.07, 6.45) is 3.42. The second kappa shape index (κ2) is 10.1. The molecular formula is C19H36N4O. The van der Waals surface area contributed by atoms with Crippen molar-refractivity contribution < 1.29 is 4.74 Å². The Morgan fingerprint density at radius 1 is 0.958 bits per heavy atom. The number of nitrogens with one attached hydrogen (secondary N) is 1. The van der Waals surface area contributed by atoms with Gasteiger partial charge in [-0.3, -0.25) is 9.80 Å². The van der Waals surface area contributed by atoms with Crippen LogP contribution in [0.1, 0.15) is 27.2 Å². The van der Waals surface area contributed by atoms with Crippen molar-refractivity contribution in [2.24, 2.45) is 0 Å². The fraction of sp³-hybridized carbons (Fsp3) is 0.789. The van der Waals surface area contributed by atoms with Gasteiger partial charge in [0, 0.05) is 70.8 Å². The lowest BCUT2D eigenvalue weighted by Crippen LogP contribution is -2.49. The van der Waals surface area contributed by atoms with E-state index in [0.717, 1.165) is 58.9 Å². The first-order valence-corrected chi connectivity index (χ1v) is 9.47. The Morgan fingerprint density at radius 2 is 1.54 bits per heavy atom. The predicted octanol–water partition coefficient (Wildman–Crippen LogP) is 1.74. The van der Waals surface area contributed by atoms with Crippen molar-refractivity contribution in [3.63, 3.8) is 0 Å². The number of nitrogens with zero attached hydrogens (tertiary/aromatic N) is 3. The highest BCUT2D eigenvalue weighted by Crippen LogP contribution is 2.18. The van der Waals surface area contributed by atoms with Crippen molar-refractivity contribution in [1.29, 1.82) is 0 Å². The van der Waals surface area contributed by atoms with Crippen LogP contribution in [0.3, 0.4) is 0 Å². The van der Waals surface area contributed by atoms with E-state index >= 15 is 0 Å².